The zero-order chi connectivity index (χ0) is 71.3. The number of halogens is 2. The van der Waals surface area contributed by atoms with Gasteiger partial charge in [-0.1, -0.05) is 35.9 Å². The molecule has 0 aliphatic carbocycles. The first kappa shape index (κ1) is 74.7. The number of nitrogen functional groups attached to an aromatic ring is 1. The van der Waals surface area contributed by atoms with Gasteiger partial charge >= 0.3 is 5.69 Å². The van der Waals surface area contributed by atoms with Crippen LogP contribution in [-0.2, 0) is 19.1 Å². The third-order valence-corrected chi connectivity index (χ3v) is 17.1. The van der Waals surface area contributed by atoms with Crippen molar-refractivity contribution >= 4 is 58.4 Å². The van der Waals surface area contributed by atoms with Crippen molar-refractivity contribution in [1.82, 2.24) is 9.62 Å². The van der Waals surface area contributed by atoms with E-state index in [0.717, 1.165) is 56.3 Å². The van der Waals surface area contributed by atoms with Gasteiger partial charge in [0.2, 0.25) is 15.8 Å². The van der Waals surface area contributed by atoms with Gasteiger partial charge in [0.05, 0.1) is 73.7 Å². The summed E-state index contributed by atoms with van der Waals surface area (Å²) in [5, 5.41) is 68.5. The number of sulfonamides is 1. The zero-order valence-electron chi connectivity index (χ0n) is 53.5. The normalized spacial score (nSPS) is 11.5. The summed E-state index contributed by atoms with van der Waals surface area (Å²) >= 11 is 5.50. The van der Waals surface area contributed by atoms with Crippen LogP contribution in [0.25, 0.3) is 0 Å². The molecule has 0 atom stereocenters. The number of hydrogen-bond acceptors (Lipinski definition) is 19. The summed E-state index contributed by atoms with van der Waals surface area (Å²) in [4.78, 5) is 20.0. The second-order valence-corrected chi connectivity index (χ2v) is 26.6. The molecule has 1 fully saturated rings. The van der Waals surface area contributed by atoms with Crippen molar-refractivity contribution in [2.45, 2.75) is 65.2 Å². The summed E-state index contributed by atoms with van der Waals surface area (Å²) in [6.45, 7) is 17.6. The summed E-state index contributed by atoms with van der Waals surface area (Å²) in [7, 11) is -2.35. The van der Waals surface area contributed by atoms with Crippen LogP contribution in [0, 0.1) is 132 Å². The summed E-state index contributed by atoms with van der Waals surface area (Å²) in [6, 6.07) is 54.0. The maximum atomic E-state index is 13.1. The average molecular weight is 1380 g/mol. The summed E-state index contributed by atoms with van der Waals surface area (Å²) in [6.07, 6.45) is 0. The number of nitrogens with one attached hydrogen (secondary N) is 1. The number of nitriles is 5. The molecule has 0 radical (unpaired) electrons. The molecule has 9 aromatic carbocycles. The number of nitro groups is 2. The number of hydrogen-bond donors (Lipinski definition) is 2. The van der Waals surface area contributed by atoms with Crippen molar-refractivity contribution in [2.75, 3.05) is 31.9 Å². The molecule has 0 unspecified atom stereocenters. The monoisotopic (exact) mass is 1380 g/mol. The number of rotatable bonds is 13. The highest BCUT2D eigenvalue weighted by Gasteiger charge is 2.30. The van der Waals surface area contributed by atoms with Crippen LogP contribution in [0.5, 0.6) is 46.0 Å². The molecule has 22 nitrogen and oxygen atoms in total. The van der Waals surface area contributed by atoms with Crippen molar-refractivity contribution in [3.63, 3.8) is 0 Å². The van der Waals surface area contributed by atoms with Crippen LogP contribution in [0.2, 0.25) is 5.02 Å². The largest absolute Gasteiger partial charge is 0.456 e. The lowest BCUT2D eigenvalue weighted by Crippen LogP contribution is -2.46. The van der Waals surface area contributed by atoms with E-state index in [0.29, 0.717) is 60.4 Å². The fourth-order valence-corrected chi connectivity index (χ4v) is 12.2. The van der Waals surface area contributed by atoms with Gasteiger partial charge in [-0.2, -0.15) is 30.6 Å². The fraction of sp³-hybridized carbons (Fsp3) is 0.169. The Kier molecular flexibility index (Phi) is 26.3. The summed E-state index contributed by atoms with van der Waals surface area (Å²) in [5.74, 6) is 3.39. The van der Waals surface area contributed by atoms with Gasteiger partial charge in [0, 0.05) is 49.0 Å². The van der Waals surface area contributed by atoms with E-state index in [9.17, 15) is 42.3 Å². The highest BCUT2D eigenvalue weighted by Crippen LogP contribution is 2.37. The van der Waals surface area contributed by atoms with Crippen LogP contribution in [0.1, 0.15) is 72.3 Å². The highest BCUT2D eigenvalue weighted by atomic mass is 35.7. The van der Waals surface area contributed by atoms with Gasteiger partial charge in [-0.15, -0.1) is 0 Å². The van der Waals surface area contributed by atoms with Crippen LogP contribution in [0.3, 0.4) is 0 Å². The number of anilines is 1. The van der Waals surface area contributed by atoms with Gasteiger partial charge in [-0.05, 0) is 227 Å². The Bertz CT molecular complexity index is 4840. The third kappa shape index (κ3) is 22.1. The van der Waals surface area contributed by atoms with Crippen molar-refractivity contribution in [3.8, 4) is 76.3 Å². The lowest BCUT2D eigenvalue weighted by atomic mass is 10.1. The molecule has 0 bridgehead atoms. The first-order chi connectivity index (χ1) is 45.9. The lowest BCUT2D eigenvalue weighted by molar-refractivity contribution is -0.385. The van der Waals surface area contributed by atoms with E-state index in [1.807, 2.05) is 122 Å². The molecule has 0 amide bonds. The summed E-state index contributed by atoms with van der Waals surface area (Å²) < 4.78 is 73.7. The average Bonchev–Trinajstić information content (AvgIpc) is 0.788. The van der Waals surface area contributed by atoms with Crippen LogP contribution in [-0.4, -0.2) is 57.2 Å². The number of nitrogens with two attached hydrogens (primary N) is 1. The van der Waals surface area contributed by atoms with Gasteiger partial charge in [0.25, 0.3) is 14.7 Å². The molecule has 1 heterocycles. The number of piperazine rings is 1. The minimum absolute atomic E-state index is 0.0256. The molecule has 9 aromatic rings. The maximum absolute atomic E-state index is 13.1. The first-order valence-electron chi connectivity index (χ1n) is 29.0. The quantitative estimate of drug-likeness (QED) is 0.0468. The highest BCUT2D eigenvalue weighted by molar-refractivity contribution is 8.13. The minimum Gasteiger partial charge on any atom is -0.456 e. The predicted octanol–water partition coefficient (Wildman–Crippen LogP) is 16.0. The van der Waals surface area contributed by atoms with Crippen LogP contribution < -0.4 is 30.0 Å². The lowest BCUT2D eigenvalue weighted by Gasteiger charge is -2.27. The Balaban J connectivity index is 0.000000195. The van der Waals surface area contributed by atoms with Gasteiger partial charge in [0.1, 0.15) is 55.1 Å². The first-order valence-corrected chi connectivity index (χ1v) is 33.2. The van der Waals surface area contributed by atoms with Gasteiger partial charge in [0.15, 0.2) is 0 Å². The molecule has 3 N–H and O–H groups in total. The Labute approximate surface area is 571 Å². The minimum atomic E-state index is -4.01. The molecule has 0 saturated carbocycles. The van der Waals surface area contributed by atoms with E-state index < -0.39 is 28.9 Å². The van der Waals surface area contributed by atoms with Crippen LogP contribution in [0.4, 0.5) is 17.1 Å². The van der Waals surface area contributed by atoms with Gasteiger partial charge in [-0.25, -0.2) is 16.8 Å². The smallest absolute Gasteiger partial charge is 0.312 e. The maximum Gasteiger partial charge on any atom is 0.312 e. The SMILES string of the molecule is Cc1cc(C)cc(Oc2ccc(C#N)cc2N)c1.Cc1cc(C)cc(Oc2ccc(C#N)cc2S(=O)(=O)Cl)c1.Cc1cc(C)cc(Oc2ccc(C#N)cc2S(=O)(=O)N2CCNCC2)c1.Cc1cc(C)cc(Oc2ccc(C#N)cc2[N+](=O)[O-])c1.N#Cc1ccc(Cl)c([N+](=O)[O-])c1. The number of nitrogens with zero attached hydrogens (tertiary/aromatic N) is 8. The second-order valence-electron chi connectivity index (χ2n) is 21.8. The molecule has 26 heteroatoms. The molecular weight excluding hydrogens is 1320 g/mol. The predicted molar refractivity (Wildman–Crippen MR) is 367 cm³/mol. The van der Waals surface area contributed by atoms with Gasteiger partial charge in [-0.3, -0.25) is 20.2 Å². The van der Waals surface area contributed by atoms with Crippen molar-refractivity contribution < 1.29 is 45.6 Å². The molecule has 494 valence electrons. The summed E-state index contributed by atoms with van der Waals surface area (Å²) in [5.41, 5.74) is 15.7. The molecule has 97 heavy (non-hydrogen) atoms. The van der Waals surface area contributed by atoms with E-state index in [4.69, 9.17) is 68.0 Å². The molecule has 1 saturated heterocycles. The second kappa shape index (κ2) is 34.2. The van der Waals surface area contributed by atoms with E-state index in [1.165, 1.54) is 58.9 Å². The number of benzene rings is 9. The molecule has 10 rings (SSSR count). The van der Waals surface area contributed by atoms with E-state index >= 15 is 0 Å². The molecule has 0 aromatic heterocycles. The molecule has 1 aliphatic rings. The van der Waals surface area contributed by atoms with Crippen molar-refractivity contribution in [3.05, 3.63) is 261 Å². The van der Waals surface area contributed by atoms with E-state index in [2.05, 4.69) is 11.4 Å². The zero-order valence-corrected chi connectivity index (χ0v) is 56.7. The van der Waals surface area contributed by atoms with Crippen molar-refractivity contribution in [1.29, 1.82) is 26.3 Å². The Morgan fingerprint density at radius 2 is 0.732 bits per heavy atom. The number of aryl methyl sites for hydroxylation is 8. The van der Waals surface area contributed by atoms with Crippen molar-refractivity contribution in [2.24, 2.45) is 0 Å². The molecular formula is C71H62Cl2N10O12S2. The van der Waals surface area contributed by atoms with E-state index in [-0.39, 0.29) is 65.7 Å². The standard InChI is InChI=1S/C19H21N3O3S.C15H12ClNO3S.C15H12N2O3.C15H14N2O.C7H3ClN2O2/c1-14-9-15(2)11-17(10-14)25-18-4-3-16(13-20)12-19(18)26(23,24)22-7-5-21-6-8-22;1-10-5-11(2)7-13(6-10)20-14-4-3-12(9-17)8-15(14)21(16,18)19;1-10-5-11(2)7-13(6-10)20-15-4-3-12(9-16)8-14(15)17(18)19;1-10-5-11(2)7-13(6-10)18-15-4-3-12(9-16)8-14(15)17;8-6-2-1-5(4-9)3-7(6)10(11)12/h3-4,9-12,21H,5-8H2,1-2H3;3-8H,1-2H3;3-8H,1-2H3;3-8H,17H2,1-2H3;1-3H. The third-order valence-electron chi connectivity index (χ3n) is 13.5. The van der Waals surface area contributed by atoms with Crippen LogP contribution >= 0.6 is 22.3 Å². The van der Waals surface area contributed by atoms with Gasteiger partial charge < -0.3 is 30.0 Å². The number of ether oxygens (including phenoxy) is 4. The Morgan fingerprint density at radius 3 is 1.09 bits per heavy atom. The topological polar surface area (TPSA) is 352 Å². The van der Waals surface area contributed by atoms with Crippen LogP contribution in [0.15, 0.2) is 174 Å². The molecule has 0 spiro atoms. The fourth-order valence-electron chi connectivity index (χ4n) is 9.46. The Morgan fingerprint density at radius 1 is 0.433 bits per heavy atom. The molecule has 1 aliphatic heterocycles. The Hall–Kier alpha value is -11.4. The number of nitro benzene ring substituents is 2. The van der Waals surface area contributed by atoms with E-state index in [1.54, 1.807) is 60.7 Å².